The molecule has 0 bridgehead atoms. The van der Waals surface area contributed by atoms with Gasteiger partial charge in [-0.15, -0.1) is 0 Å². The number of carboxylic acid groups (broad SMARTS) is 2. The van der Waals surface area contributed by atoms with Crippen LogP contribution in [0, 0.1) is 0 Å². The highest BCUT2D eigenvalue weighted by Gasteiger charge is 2.28. The van der Waals surface area contributed by atoms with Gasteiger partial charge in [0.1, 0.15) is 18.4 Å². The Labute approximate surface area is 184 Å². The second-order valence-electron chi connectivity index (χ2n) is 6.81. The smallest absolute Gasteiger partial charge is 0.303 e. The maximum absolute atomic E-state index is 12.7. The molecular weight excluding hydrogens is 432 g/mol. The summed E-state index contributed by atoms with van der Waals surface area (Å²) in [4.78, 5) is 69.8. The molecule has 13 heteroatoms. The van der Waals surface area contributed by atoms with Crippen molar-refractivity contribution in [2.75, 3.05) is 12.0 Å². The fourth-order valence-electron chi connectivity index (χ4n) is 2.35. The van der Waals surface area contributed by atoms with Gasteiger partial charge in [-0.1, -0.05) is 0 Å². The van der Waals surface area contributed by atoms with E-state index in [9.17, 15) is 28.8 Å². The van der Waals surface area contributed by atoms with Gasteiger partial charge in [-0.2, -0.15) is 11.8 Å². The number of rotatable bonds is 16. The lowest BCUT2D eigenvalue weighted by Crippen LogP contribution is -2.56. The van der Waals surface area contributed by atoms with Gasteiger partial charge in [0.15, 0.2) is 0 Å². The molecule has 3 amide bonds. The number of hydrogen-bond acceptors (Lipinski definition) is 8. The Morgan fingerprint density at radius 2 is 1.35 bits per heavy atom. The lowest BCUT2D eigenvalue weighted by Gasteiger charge is -2.24. The average molecular weight is 463 g/mol. The zero-order chi connectivity index (χ0) is 24.0. The van der Waals surface area contributed by atoms with Crippen LogP contribution >= 0.6 is 11.8 Å². The zero-order valence-electron chi connectivity index (χ0n) is 17.5. The Morgan fingerprint density at radius 1 is 0.871 bits per heavy atom. The molecule has 0 aromatic heterocycles. The minimum atomic E-state index is -1.31. The van der Waals surface area contributed by atoms with Crippen LogP contribution in [0.4, 0.5) is 0 Å². The van der Waals surface area contributed by atoms with Crippen molar-refractivity contribution in [1.29, 1.82) is 0 Å². The number of carbonyl (C=O) groups is 6. The van der Waals surface area contributed by atoms with Gasteiger partial charge < -0.3 is 36.7 Å². The second kappa shape index (κ2) is 15.2. The molecule has 0 radical (unpaired) electrons. The Hall–Kier alpha value is -2.67. The van der Waals surface area contributed by atoms with Crippen LogP contribution in [-0.4, -0.2) is 82.3 Å². The highest BCUT2D eigenvalue weighted by atomic mass is 32.2. The summed E-state index contributed by atoms with van der Waals surface area (Å²) >= 11 is 1.44. The molecule has 0 aromatic rings. The minimum Gasteiger partial charge on any atom is -0.481 e. The van der Waals surface area contributed by atoms with Gasteiger partial charge in [-0.25, -0.2) is 0 Å². The number of nitrogens with one attached hydrogen (secondary N) is 3. The zero-order valence-corrected chi connectivity index (χ0v) is 18.3. The van der Waals surface area contributed by atoms with Crippen LogP contribution in [0.1, 0.15) is 39.0 Å². The lowest BCUT2D eigenvalue weighted by atomic mass is 10.1. The molecule has 4 atom stereocenters. The molecule has 0 spiro atoms. The van der Waals surface area contributed by atoms with Crippen molar-refractivity contribution in [3.8, 4) is 0 Å². The number of aliphatic carboxylic acids is 2. The monoisotopic (exact) mass is 462 g/mol. The topological polar surface area (TPSA) is 205 Å². The summed E-state index contributed by atoms with van der Waals surface area (Å²) in [5, 5.41) is 24.8. The van der Waals surface area contributed by atoms with Crippen LogP contribution in [0.5, 0.6) is 0 Å². The van der Waals surface area contributed by atoms with Crippen molar-refractivity contribution in [2.45, 2.75) is 63.2 Å². The molecule has 0 aliphatic carbocycles. The molecular formula is C18H30N4O8S. The molecule has 31 heavy (non-hydrogen) atoms. The third kappa shape index (κ3) is 12.6. The molecule has 0 rings (SSSR count). The van der Waals surface area contributed by atoms with Crippen LogP contribution in [0.25, 0.3) is 0 Å². The number of aldehydes is 1. The van der Waals surface area contributed by atoms with Crippen molar-refractivity contribution in [1.82, 2.24) is 16.0 Å². The fourth-order valence-corrected chi connectivity index (χ4v) is 2.82. The van der Waals surface area contributed by atoms with Gasteiger partial charge in [0, 0.05) is 12.8 Å². The van der Waals surface area contributed by atoms with E-state index in [0.29, 0.717) is 12.0 Å². The molecule has 12 nitrogen and oxygen atoms in total. The van der Waals surface area contributed by atoms with Crippen molar-refractivity contribution < 1.29 is 39.0 Å². The molecule has 7 N–H and O–H groups in total. The van der Waals surface area contributed by atoms with E-state index in [-0.39, 0.29) is 25.7 Å². The maximum Gasteiger partial charge on any atom is 0.303 e. The first-order valence-corrected chi connectivity index (χ1v) is 11.0. The first-order chi connectivity index (χ1) is 14.5. The average Bonchev–Trinajstić information content (AvgIpc) is 2.70. The van der Waals surface area contributed by atoms with Gasteiger partial charge >= 0.3 is 11.9 Å². The van der Waals surface area contributed by atoms with Crippen LogP contribution < -0.4 is 21.7 Å². The third-order valence-electron chi connectivity index (χ3n) is 4.10. The quantitative estimate of drug-likeness (QED) is 0.146. The molecule has 0 aromatic carbocycles. The molecule has 176 valence electrons. The normalized spacial score (nSPS) is 14.4. The Bertz CT molecular complexity index is 658. The van der Waals surface area contributed by atoms with Gasteiger partial charge in [-0.05, 0) is 38.2 Å². The Morgan fingerprint density at radius 3 is 1.84 bits per heavy atom. The first-order valence-electron chi connectivity index (χ1n) is 9.56. The summed E-state index contributed by atoms with van der Waals surface area (Å²) in [5.41, 5.74) is 5.51. The molecule has 0 unspecified atom stereocenters. The van der Waals surface area contributed by atoms with Crippen molar-refractivity contribution in [2.24, 2.45) is 5.73 Å². The summed E-state index contributed by atoms with van der Waals surface area (Å²) < 4.78 is 0. The predicted octanol–water partition coefficient (Wildman–Crippen LogP) is -1.53. The molecule has 0 saturated heterocycles. The number of nitrogens with two attached hydrogens (primary N) is 1. The fraction of sp³-hybridized carbons (Fsp3) is 0.667. The maximum atomic E-state index is 12.7. The summed E-state index contributed by atoms with van der Waals surface area (Å²) in [5.74, 6) is -3.94. The van der Waals surface area contributed by atoms with E-state index in [2.05, 4.69) is 16.0 Å². The van der Waals surface area contributed by atoms with E-state index < -0.39 is 60.2 Å². The van der Waals surface area contributed by atoms with Crippen molar-refractivity contribution in [3.05, 3.63) is 0 Å². The summed E-state index contributed by atoms with van der Waals surface area (Å²) in [7, 11) is 0. The van der Waals surface area contributed by atoms with E-state index in [1.165, 1.54) is 18.7 Å². The summed E-state index contributed by atoms with van der Waals surface area (Å²) in [6, 6.07) is -4.28. The minimum absolute atomic E-state index is 0.162. The molecule has 0 aliphatic heterocycles. The number of carbonyl (C=O) groups excluding carboxylic acids is 4. The third-order valence-corrected chi connectivity index (χ3v) is 4.74. The second-order valence-corrected chi connectivity index (χ2v) is 7.79. The van der Waals surface area contributed by atoms with Crippen LogP contribution in [0.2, 0.25) is 0 Å². The molecule has 0 aliphatic rings. The van der Waals surface area contributed by atoms with E-state index in [1.54, 1.807) is 0 Å². The van der Waals surface area contributed by atoms with E-state index >= 15 is 0 Å². The number of carboxylic acids is 2. The lowest BCUT2D eigenvalue weighted by molar-refractivity contribution is -0.139. The molecule has 0 heterocycles. The molecule has 0 fully saturated rings. The van der Waals surface area contributed by atoms with Crippen LogP contribution in [0.15, 0.2) is 0 Å². The standard InChI is InChI=1S/C18H30N4O8S/c1-10(19)16(28)21-13(7-8-31-2)18(30)22-12(4-6-15(26)27)17(29)20-11(9-23)3-5-14(24)25/h9-13H,3-8,19H2,1-2H3,(H,20,29)(H,21,28)(H,22,30)(H,24,25)(H,26,27)/t10-,11-,12-,13-/m0/s1. The number of amides is 3. The SMILES string of the molecule is CSCC[C@H](NC(=O)[C@H](C)N)C(=O)N[C@@H](CCC(=O)O)C(=O)N[C@H](C=O)CCC(=O)O. The van der Waals surface area contributed by atoms with Crippen molar-refractivity contribution in [3.63, 3.8) is 0 Å². The highest BCUT2D eigenvalue weighted by molar-refractivity contribution is 7.98. The van der Waals surface area contributed by atoms with E-state index in [4.69, 9.17) is 15.9 Å². The largest absolute Gasteiger partial charge is 0.481 e. The Balaban J connectivity index is 5.33. The van der Waals surface area contributed by atoms with Crippen LogP contribution in [0.3, 0.4) is 0 Å². The van der Waals surface area contributed by atoms with E-state index in [0.717, 1.165) is 0 Å². The molecule has 0 saturated carbocycles. The first kappa shape index (κ1) is 28.3. The predicted molar refractivity (Wildman–Crippen MR) is 112 cm³/mol. The van der Waals surface area contributed by atoms with Gasteiger partial charge in [0.2, 0.25) is 17.7 Å². The Kier molecular flexibility index (Phi) is 13.9. The van der Waals surface area contributed by atoms with Gasteiger partial charge in [0.25, 0.3) is 0 Å². The number of hydrogen-bond donors (Lipinski definition) is 6. The highest BCUT2D eigenvalue weighted by Crippen LogP contribution is 2.05. The summed E-state index contributed by atoms with van der Waals surface area (Å²) in [6.07, 6.45) is 1.17. The van der Waals surface area contributed by atoms with Crippen LogP contribution in [-0.2, 0) is 28.8 Å². The van der Waals surface area contributed by atoms with E-state index in [1.807, 2.05) is 6.26 Å². The van der Waals surface area contributed by atoms with Gasteiger partial charge in [0.05, 0.1) is 12.1 Å². The summed E-state index contributed by atoms with van der Waals surface area (Å²) in [6.45, 7) is 1.44. The van der Waals surface area contributed by atoms with Crippen molar-refractivity contribution >= 4 is 47.7 Å². The number of thioether (sulfide) groups is 1. The van der Waals surface area contributed by atoms with Gasteiger partial charge in [-0.3, -0.25) is 24.0 Å².